The van der Waals surface area contributed by atoms with Crippen LogP contribution >= 0.6 is 0 Å². The third-order valence-corrected chi connectivity index (χ3v) is 5.41. The molecule has 0 fully saturated rings. The summed E-state index contributed by atoms with van der Waals surface area (Å²) in [5, 5.41) is 0. The average molecular weight is 426 g/mol. The number of carbonyl (C=O) groups excluding carboxylic acids is 3. The van der Waals surface area contributed by atoms with Crippen LogP contribution in [0, 0.1) is 27.7 Å². The highest BCUT2D eigenvalue weighted by Gasteiger charge is 2.28. The van der Waals surface area contributed by atoms with Crippen LogP contribution in [-0.4, -0.2) is 40.5 Å². The van der Waals surface area contributed by atoms with Crippen molar-refractivity contribution in [2.45, 2.75) is 47.3 Å². The van der Waals surface area contributed by atoms with Crippen LogP contribution in [0.4, 0.5) is 0 Å². The lowest BCUT2D eigenvalue weighted by Crippen LogP contribution is -2.25. The van der Waals surface area contributed by atoms with E-state index in [1.165, 1.54) is 14.0 Å². The third kappa shape index (κ3) is 4.19. The fourth-order valence-electron chi connectivity index (χ4n) is 3.69. The van der Waals surface area contributed by atoms with Gasteiger partial charge in [-0.25, -0.2) is 9.59 Å². The number of aromatic amines is 1. The summed E-state index contributed by atoms with van der Waals surface area (Å²) in [5.41, 5.74) is 3.50. The van der Waals surface area contributed by atoms with Gasteiger partial charge in [-0.3, -0.25) is 4.79 Å². The lowest BCUT2D eigenvalue weighted by molar-refractivity contribution is 0.0316. The lowest BCUT2D eigenvalue weighted by Gasteiger charge is -2.13. The molecule has 0 saturated carbocycles. The molecule has 3 aromatic heterocycles. The molecule has 0 aliphatic carbocycles. The number of carbonyl (C=O) groups is 3. The number of ether oxygens (including phenoxy) is 2. The fourth-order valence-corrected chi connectivity index (χ4v) is 3.69. The standard InChI is InChI=1S/C23H26N2O6/c1-12-10-18(15(4)25(12)11-17-8-7-9-30-17)22(27)31-16(5)21(26)20-13(2)19(14(3)24-20)23(28)29-6/h7-10,16,24H,11H2,1-6H3. The van der Waals surface area contributed by atoms with E-state index in [1.54, 1.807) is 26.2 Å². The smallest absolute Gasteiger partial charge is 0.340 e. The van der Waals surface area contributed by atoms with E-state index in [4.69, 9.17) is 13.9 Å². The van der Waals surface area contributed by atoms with Gasteiger partial charge in [0.15, 0.2) is 6.10 Å². The number of esters is 2. The molecule has 1 atom stereocenters. The number of aryl methyl sites for hydroxylation is 2. The maximum atomic E-state index is 12.9. The van der Waals surface area contributed by atoms with E-state index in [0.29, 0.717) is 28.9 Å². The highest BCUT2D eigenvalue weighted by molar-refractivity contribution is 6.04. The molecule has 0 bridgehead atoms. The maximum absolute atomic E-state index is 12.9. The van der Waals surface area contributed by atoms with E-state index in [9.17, 15) is 14.4 Å². The molecule has 31 heavy (non-hydrogen) atoms. The number of aromatic nitrogens is 2. The van der Waals surface area contributed by atoms with Gasteiger partial charge in [-0.15, -0.1) is 0 Å². The second-order valence-electron chi connectivity index (χ2n) is 7.48. The molecule has 0 spiro atoms. The minimum absolute atomic E-state index is 0.224. The molecule has 0 aliphatic rings. The monoisotopic (exact) mass is 426 g/mol. The zero-order valence-electron chi connectivity index (χ0n) is 18.5. The van der Waals surface area contributed by atoms with Gasteiger partial charge >= 0.3 is 11.9 Å². The Kier molecular flexibility index (Phi) is 6.19. The van der Waals surface area contributed by atoms with Crippen LogP contribution in [0.1, 0.15) is 66.5 Å². The summed E-state index contributed by atoms with van der Waals surface area (Å²) in [6, 6.07) is 5.40. The molecule has 8 heteroatoms. The van der Waals surface area contributed by atoms with Gasteiger partial charge in [-0.05, 0) is 58.4 Å². The quantitative estimate of drug-likeness (QED) is 0.454. The molecule has 0 radical (unpaired) electrons. The molecule has 3 rings (SSSR count). The zero-order chi connectivity index (χ0) is 22.9. The number of Topliss-reactive ketones (excluding diaryl/α,β-unsaturated/α-hetero) is 1. The number of hydrogen-bond donors (Lipinski definition) is 1. The Morgan fingerprint density at radius 1 is 1.16 bits per heavy atom. The SMILES string of the molecule is COC(=O)c1c(C)[nH]c(C(=O)C(C)OC(=O)c2cc(C)n(Cc3ccco3)c2C)c1C. The van der Waals surface area contributed by atoms with E-state index in [1.807, 2.05) is 30.5 Å². The number of methoxy groups -OCH3 is 1. The Morgan fingerprint density at radius 2 is 1.87 bits per heavy atom. The summed E-state index contributed by atoms with van der Waals surface area (Å²) in [6.45, 7) is 9.04. The Hall–Kier alpha value is -3.55. The molecule has 1 N–H and O–H groups in total. The first kappa shape index (κ1) is 22.1. The van der Waals surface area contributed by atoms with E-state index < -0.39 is 23.8 Å². The lowest BCUT2D eigenvalue weighted by atomic mass is 10.1. The molecule has 164 valence electrons. The number of nitrogens with zero attached hydrogens (tertiary/aromatic N) is 1. The van der Waals surface area contributed by atoms with Gasteiger partial charge in [0, 0.05) is 17.1 Å². The highest BCUT2D eigenvalue weighted by atomic mass is 16.5. The van der Waals surface area contributed by atoms with Crippen molar-refractivity contribution in [2.24, 2.45) is 0 Å². The largest absolute Gasteiger partial charge is 0.467 e. The van der Waals surface area contributed by atoms with Crippen LogP contribution in [0.5, 0.6) is 0 Å². The van der Waals surface area contributed by atoms with Crippen molar-refractivity contribution in [1.82, 2.24) is 9.55 Å². The Balaban J connectivity index is 1.78. The second kappa shape index (κ2) is 8.67. The Morgan fingerprint density at radius 3 is 2.48 bits per heavy atom. The van der Waals surface area contributed by atoms with Crippen molar-refractivity contribution in [1.29, 1.82) is 0 Å². The van der Waals surface area contributed by atoms with Gasteiger partial charge in [-0.2, -0.15) is 0 Å². The summed E-state index contributed by atoms with van der Waals surface area (Å²) in [5.74, 6) is -0.773. The van der Waals surface area contributed by atoms with Crippen LogP contribution in [0.2, 0.25) is 0 Å². The number of furan rings is 1. The highest BCUT2D eigenvalue weighted by Crippen LogP contribution is 2.22. The van der Waals surface area contributed by atoms with Crippen molar-refractivity contribution >= 4 is 17.7 Å². The van der Waals surface area contributed by atoms with Gasteiger partial charge in [-0.1, -0.05) is 0 Å². The van der Waals surface area contributed by atoms with E-state index in [0.717, 1.165) is 17.1 Å². The number of H-pyrrole nitrogens is 1. The van der Waals surface area contributed by atoms with Crippen molar-refractivity contribution in [2.75, 3.05) is 7.11 Å². The normalized spacial score (nSPS) is 11.9. The van der Waals surface area contributed by atoms with Crippen molar-refractivity contribution < 1.29 is 28.3 Å². The van der Waals surface area contributed by atoms with Gasteiger partial charge in [0.2, 0.25) is 5.78 Å². The maximum Gasteiger partial charge on any atom is 0.340 e. The molecule has 0 aromatic carbocycles. The Labute approximate surface area is 180 Å². The first-order valence-electron chi connectivity index (χ1n) is 9.87. The third-order valence-electron chi connectivity index (χ3n) is 5.41. The first-order valence-corrected chi connectivity index (χ1v) is 9.87. The van der Waals surface area contributed by atoms with E-state index >= 15 is 0 Å². The molecular weight excluding hydrogens is 400 g/mol. The van der Waals surface area contributed by atoms with Crippen LogP contribution in [-0.2, 0) is 16.0 Å². The summed E-state index contributed by atoms with van der Waals surface area (Å²) in [4.78, 5) is 40.6. The second-order valence-corrected chi connectivity index (χ2v) is 7.48. The molecule has 0 amide bonds. The van der Waals surface area contributed by atoms with Crippen LogP contribution in [0.3, 0.4) is 0 Å². The number of nitrogens with one attached hydrogen (secondary N) is 1. The molecule has 0 saturated heterocycles. The van der Waals surface area contributed by atoms with Crippen LogP contribution in [0.15, 0.2) is 28.9 Å². The van der Waals surface area contributed by atoms with Gasteiger partial charge in [0.1, 0.15) is 5.76 Å². The minimum Gasteiger partial charge on any atom is -0.467 e. The molecule has 8 nitrogen and oxygen atoms in total. The number of rotatable bonds is 7. The topological polar surface area (TPSA) is 104 Å². The van der Waals surface area contributed by atoms with Crippen LogP contribution in [0.25, 0.3) is 0 Å². The minimum atomic E-state index is -1.04. The predicted octanol–water partition coefficient (Wildman–Crippen LogP) is 3.91. The summed E-state index contributed by atoms with van der Waals surface area (Å²) in [7, 11) is 1.28. The predicted molar refractivity (Wildman–Crippen MR) is 113 cm³/mol. The van der Waals surface area contributed by atoms with Gasteiger partial charge in [0.25, 0.3) is 0 Å². The molecule has 0 aliphatic heterocycles. The van der Waals surface area contributed by atoms with Gasteiger partial charge < -0.3 is 23.4 Å². The fraction of sp³-hybridized carbons (Fsp3) is 0.348. The van der Waals surface area contributed by atoms with E-state index in [2.05, 4.69) is 4.98 Å². The van der Waals surface area contributed by atoms with Crippen molar-refractivity contribution in [3.8, 4) is 0 Å². The van der Waals surface area contributed by atoms with Crippen molar-refractivity contribution in [3.63, 3.8) is 0 Å². The summed E-state index contributed by atoms with van der Waals surface area (Å²) >= 11 is 0. The summed E-state index contributed by atoms with van der Waals surface area (Å²) in [6.07, 6.45) is 0.560. The summed E-state index contributed by atoms with van der Waals surface area (Å²) < 4.78 is 17.6. The zero-order valence-corrected chi connectivity index (χ0v) is 18.5. The average Bonchev–Trinajstić information content (AvgIpc) is 3.42. The van der Waals surface area contributed by atoms with E-state index in [-0.39, 0.29) is 5.69 Å². The molecular formula is C23H26N2O6. The van der Waals surface area contributed by atoms with Gasteiger partial charge in [0.05, 0.1) is 36.7 Å². The number of ketones is 1. The Bertz CT molecular complexity index is 1130. The first-order chi connectivity index (χ1) is 14.6. The number of hydrogen-bond acceptors (Lipinski definition) is 6. The van der Waals surface area contributed by atoms with Crippen molar-refractivity contribution in [3.05, 3.63) is 69.7 Å². The molecule has 3 heterocycles. The molecule has 3 aromatic rings. The van der Waals surface area contributed by atoms with Crippen LogP contribution < -0.4 is 0 Å². The molecule has 1 unspecified atom stereocenters.